The van der Waals surface area contributed by atoms with Gasteiger partial charge in [-0.3, -0.25) is 4.79 Å². The normalized spacial score (nSPS) is 12.2. The summed E-state index contributed by atoms with van der Waals surface area (Å²) < 4.78 is 5.38. The number of fused-ring (bicyclic) bond motifs is 1. The zero-order chi connectivity index (χ0) is 20.3. The predicted molar refractivity (Wildman–Crippen MR) is 107 cm³/mol. The Kier molecular flexibility index (Phi) is 6.47. The van der Waals surface area contributed by atoms with E-state index in [1.807, 2.05) is 33.8 Å². The number of aryl methyl sites for hydroxylation is 1. The van der Waals surface area contributed by atoms with Gasteiger partial charge in [-0.1, -0.05) is 38.8 Å². The molecule has 2 rings (SSSR count). The van der Waals surface area contributed by atoms with Crippen LogP contribution in [0.5, 0.6) is 11.5 Å². The highest BCUT2D eigenvalue weighted by Crippen LogP contribution is 2.42. The Morgan fingerprint density at radius 2 is 1.89 bits per heavy atom. The summed E-state index contributed by atoms with van der Waals surface area (Å²) in [6.07, 6.45) is 4.08. The third-order valence-electron chi connectivity index (χ3n) is 4.85. The molecule has 27 heavy (non-hydrogen) atoms. The number of ketones is 1. The number of aromatic hydroxyl groups is 2. The molecular formula is C22H28O5. The Morgan fingerprint density at radius 1 is 1.22 bits per heavy atom. The highest BCUT2D eigenvalue weighted by molar-refractivity contribution is 6.09. The van der Waals surface area contributed by atoms with Crippen LogP contribution in [0.3, 0.4) is 0 Å². The summed E-state index contributed by atoms with van der Waals surface area (Å²) in [5, 5.41) is 22.1. The van der Waals surface area contributed by atoms with Gasteiger partial charge in [0, 0.05) is 17.5 Å². The van der Waals surface area contributed by atoms with Crippen molar-refractivity contribution in [3.05, 3.63) is 44.8 Å². The average Bonchev–Trinajstić information content (AvgIpc) is 2.60. The van der Waals surface area contributed by atoms with Crippen molar-refractivity contribution in [1.29, 1.82) is 0 Å². The van der Waals surface area contributed by atoms with Gasteiger partial charge in [0.25, 0.3) is 0 Å². The first-order chi connectivity index (χ1) is 12.7. The molecule has 0 aliphatic carbocycles. The summed E-state index contributed by atoms with van der Waals surface area (Å²) in [4.78, 5) is 24.9. The van der Waals surface area contributed by atoms with E-state index in [9.17, 15) is 19.8 Å². The van der Waals surface area contributed by atoms with Gasteiger partial charge in [-0.2, -0.15) is 0 Å². The number of hydrogen-bond donors (Lipinski definition) is 2. The lowest BCUT2D eigenvalue weighted by Gasteiger charge is -2.17. The summed E-state index contributed by atoms with van der Waals surface area (Å²) in [7, 11) is 0. The Balaban J connectivity index is 2.97. The second-order valence-electron chi connectivity index (χ2n) is 7.25. The molecule has 1 heterocycles. The van der Waals surface area contributed by atoms with Crippen LogP contribution >= 0.6 is 0 Å². The SMILES string of the molecule is CCCc1cc(=O)oc2c(CC=C(C)C)c(O)c(C(=O)[C@@H](C)CC)c(O)c12. The highest BCUT2D eigenvalue weighted by Gasteiger charge is 2.28. The molecule has 0 saturated carbocycles. The third-order valence-corrected chi connectivity index (χ3v) is 4.85. The van der Waals surface area contributed by atoms with Crippen molar-refractivity contribution in [1.82, 2.24) is 0 Å². The van der Waals surface area contributed by atoms with Crippen LogP contribution in [0.25, 0.3) is 11.0 Å². The molecule has 0 spiro atoms. The van der Waals surface area contributed by atoms with Crippen molar-refractivity contribution in [2.75, 3.05) is 0 Å². The zero-order valence-corrected chi connectivity index (χ0v) is 16.7. The molecule has 146 valence electrons. The predicted octanol–water partition coefficient (Wildman–Crippen LogP) is 4.89. The van der Waals surface area contributed by atoms with Gasteiger partial charge in [-0.05, 0) is 38.7 Å². The molecular weight excluding hydrogens is 344 g/mol. The van der Waals surface area contributed by atoms with Gasteiger partial charge < -0.3 is 14.6 Å². The van der Waals surface area contributed by atoms with Crippen LogP contribution in [-0.2, 0) is 12.8 Å². The number of phenols is 2. The minimum Gasteiger partial charge on any atom is -0.507 e. The van der Waals surface area contributed by atoms with E-state index in [2.05, 4.69) is 0 Å². The molecule has 0 radical (unpaired) electrons. The molecule has 1 aromatic heterocycles. The monoisotopic (exact) mass is 372 g/mol. The smallest absolute Gasteiger partial charge is 0.336 e. The quantitative estimate of drug-likeness (QED) is 0.410. The Bertz CT molecular complexity index is 946. The van der Waals surface area contributed by atoms with Crippen LogP contribution in [0.2, 0.25) is 0 Å². The first-order valence-electron chi connectivity index (χ1n) is 9.43. The summed E-state index contributed by atoms with van der Waals surface area (Å²) in [5.41, 5.74) is 1.53. The number of allylic oxidation sites excluding steroid dienone is 2. The van der Waals surface area contributed by atoms with Crippen LogP contribution in [0.4, 0.5) is 0 Å². The van der Waals surface area contributed by atoms with E-state index in [0.717, 1.165) is 12.0 Å². The maximum atomic E-state index is 12.9. The Hall–Kier alpha value is -2.56. The maximum absolute atomic E-state index is 12.9. The minimum absolute atomic E-state index is 0.0831. The zero-order valence-electron chi connectivity index (χ0n) is 16.7. The lowest BCUT2D eigenvalue weighted by Crippen LogP contribution is -2.13. The van der Waals surface area contributed by atoms with Crippen LogP contribution < -0.4 is 5.63 Å². The topological polar surface area (TPSA) is 87.7 Å². The van der Waals surface area contributed by atoms with Gasteiger partial charge in [0.15, 0.2) is 5.78 Å². The Morgan fingerprint density at radius 3 is 2.44 bits per heavy atom. The van der Waals surface area contributed by atoms with E-state index in [-0.39, 0.29) is 34.3 Å². The van der Waals surface area contributed by atoms with Gasteiger partial charge in [0.2, 0.25) is 0 Å². The lowest BCUT2D eigenvalue weighted by molar-refractivity contribution is 0.0921. The summed E-state index contributed by atoms with van der Waals surface area (Å²) in [6.45, 7) is 9.45. The molecule has 0 fully saturated rings. The van der Waals surface area contributed by atoms with Crippen LogP contribution in [0.15, 0.2) is 26.9 Å². The number of phenolic OH excluding ortho intramolecular Hbond substituents is 2. The van der Waals surface area contributed by atoms with E-state index < -0.39 is 5.63 Å². The number of carbonyl (C=O) groups is 1. The summed E-state index contributed by atoms with van der Waals surface area (Å²) >= 11 is 0. The molecule has 1 atom stereocenters. The van der Waals surface area contributed by atoms with Crippen molar-refractivity contribution in [2.45, 2.75) is 60.3 Å². The number of hydrogen-bond acceptors (Lipinski definition) is 5. The first kappa shape index (κ1) is 20.7. The van der Waals surface area contributed by atoms with Crippen molar-refractivity contribution in [3.8, 4) is 11.5 Å². The fourth-order valence-corrected chi connectivity index (χ4v) is 3.14. The van der Waals surface area contributed by atoms with Gasteiger partial charge >= 0.3 is 5.63 Å². The third kappa shape index (κ3) is 4.07. The molecule has 0 aliphatic rings. The number of carbonyl (C=O) groups excluding carboxylic acids is 1. The fourth-order valence-electron chi connectivity index (χ4n) is 3.14. The van der Waals surface area contributed by atoms with E-state index in [0.29, 0.717) is 35.8 Å². The average molecular weight is 372 g/mol. The molecule has 0 unspecified atom stereocenters. The Labute approximate surface area is 159 Å². The molecule has 2 N–H and O–H groups in total. The molecule has 0 saturated heterocycles. The summed E-state index contributed by atoms with van der Waals surface area (Å²) in [6, 6.07) is 1.35. The van der Waals surface area contributed by atoms with E-state index in [4.69, 9.17) is 4.42 Å². The van der Waals surface area contributed by atoms with Crippen molar-refractivity contribution in [2.24, 2.45) is 5.92 Å². The second kappa shape index (κ2) is 8.42. The number of Topliss-reactive ketones (excluding diaryl/α,β-unsaturated/α-hetero) is 1. The van der Waals surface area contributed by atoms with Crippen molar-refractivity contribution < 1.29 is 19.4 Å². The largest absolute Gasteiger partial charge is 0.507 e. The lowest BCUT2D eigenvalue weighted by atomic mass is 9.89. The van der Waals surface area contributed by atoms with Gasteiger partial charge in [-0.15, -0.1) is 0 Å². The first-order valence-corrected chi connectivity index (χ1v) is 9.43. The fraction of sp³-hybridized carbons (Fsp3) is 0.455. The molecule has 0 amide bonds. The number of rotatable bonds is 7. The molecule has 0 aliphatic heterocycles. The maximum Gasteiger partial charge on any atom is 0.336 e. The van der Waals surface area contributed by atoms with E-state index in [1.54, 1.807) is 6.92 Å². The van der Waals surface area contributed by atoms with Crippen molar-refractivity contribution >= 4 is 16.8 Å². The molecule has 5 nitrogen and oxygen atoms in total. The van der Waals surface area contributed by atoms with E-state index >= 15 is 0 Å². The summed E-state index contributed by atoms with van der Waals surface area (Å²) in [5.74, 6) is -1.28. The van der Waals surface area contributed by atoms with Crippen LogP contribution in [0.1, 0.15) is 68.9 Å². The molecule has 5 heteroatoms. The molecule has 0 bridgehead atoms. The molecule has 2 aromatic rings. The van der Waals surface area contributed by atoms with Gasteiger partial charge in [0.1, 0.15) is 22.6 Å². The standard InChI is InChI=1S/C22H28O5/c1-6-8-14-11-16(23)27-22-15(10-9-12(3)4)20(25)18(21(26)17(14)22)19(24)13(5)7-2/h9,11,13,25-26H,6-8,10H2,1-5H3/t13-/m0/s1. The van der Waals surface area contributed by atoms with Crippen LogP contribution in [-0.4, -0.2) is 16.0 Å². The number of benzene rings is 1. The van der Waals surface area contributed by atoms with Gasteiger partial charge in [0.05, 0.1) is 5.39 Å². The minimum atomic E-state index is -0.538. The van der Waals surface area contributed by atoms with Crippen molar-refractivity contribution in [3.63, 3.8) is 0 Å². The second-order valence-corrected chi connectivity index (χ2v) is 7.25. The van der Waals surface area contributed by atoms with Gasteiger partial charge in [-0.25, -0.2) is 4.79 Å². The van der Waals surface area contributed by atoms with E-state index in [1.165, 1.54) is 6.07 Å². The van der Waals surface area contributed by atoms with Crippen LogP contribution in [0, 0.1) is 5.92 Å². The highest BCUT2D eigenvalue weighted by atomic mass is 16.4. The molecule has 1 aromatic carbocycles.